The van der Waals surface area contributed by atoms with E-state index in [1.54, 1.807) is 11.0 Å². The first-order valence-corrected chi connectivity index (χ1v) is 8.36. The van der Waals surface area contributed by atoms with Crippen LogP contribution in [0.15, 0.2) is 12.7 Å². The molecule has 1 aromatic heterocycles. The molecule has 126 valence electrons. The molecule has 23 heavy (non-hydrogen) atoms. The lowest BCUT2D eigenvalue weighted by molar-refractivity contribution is -0.129. The van der Waals surface area contributed by atoms with Crippen LogP contribution in [-0.4, -0.2) is 63.2 Å². The molecule has 0 saturated carbocycles. The molecule has 0 aromatic carbocycles. The van der Waals surface area contributed by atoms with E-state index in [4.69, 9.17) is 0 Å². The summed E-state index contributed by atoms with van der Waals surface area (Å²) in [5.41, 5.74) is 0. The molecule has 2 fully saturated rings. The predicted molar refractivity (Wildman–Crippen MR) is 83.4 cm³/mol. The monoisotopic (exact) mass is 320 g/mol. The molecule has 3 heterocycles. The van der Waals surface area contributed by atoms with Gasteiger partial charge >= 0.3 is 0 Å². The molecule has 2 atom stereocenters. The first-order valence-electron chi connectivity index (χ1n) is 8.36. The largest absolute Gasteiger partial charge is 0.354 e. The highest BCUT2D eigenvalue weighted by atomic mass is 16.2. The van der Waals surface area contributed by atoms with Crippen molar-refractivity contribution in [2.24, 2.45) is 0 Å². The Kier molecular flexibility index (Phi) is 5.22. The van der Waals surface area contributed by atoms with E-state index in [0.29, 0.717) is 19.1 Å². The van der Waals surface area contributed by atoms with E-state index in [2.05, 4.69) is 25.6 Å². The van der Waals surface area contributed by atoms with Gasteiger partial charge in [0.25, 0.3) is 0 Å². The second-order valence-corrected chi connectivity index (χ2v) is 6.29. The van der Waals surface area contributed by atoms with Crippen molar-refractivity contribution in [3.8, 4) is 0 Å². The van der Waals surface area contributed by atoms with Gasteiger partial charge in [-0.25, -0.2) is 4.98 Å². The van der Waals surface area contributed by atoms with Gasteiger partial charge in [-0.2, -0.15) is 5.10 Å². The van der Waals surface area contributed by atoms with Gasteiger partial charge in [-0.05, 0) is 38.6 Å². The van der Waals surface area contributed by atoms with E-state index in [9.17, 15) is 9.59 Å². The minimum absolute atomic E-state index is 0.0589. The number of likely N-dealkylation sites (tertiary alicyclic amines) is 1. The quantitative estimate of drug-likeness (QED) is 0.765. The van der Waals surface area contributed by atoms with E-state index in [1.165, 1.54) is 6.33 Å². The molecule has 3 rings (SSSR count). The number of rotatable bonds is 5. The van der Waals surface area contributed by atoms with Gasteiger partial charge in [0.1, 0.15) is 18.7 Å². The zero-order valence-electron chi connectivity index (χ0n) is 13.3. The number of nitrogens with one attached hydrogen (secondary N) is 2. The van der Waals surface area contributed by atoms with Crippen LogP contribution >= 0.6 is 0 Å². The van der Waals surface area contributed by atoms with Crippen LogP contribution < -0.4 is 10.6 Å². The summed E-state index contributed by atoms with van der Waals surface area (Å²) >= 11 is 0. The summed E-state index contributed by atoms with van der Waals surface area (Å²) in [4.78, 5) is 30.3. The molecule has 2 aliphatic rings. The molecule has 2 saturated heterocycles. The zero-order valence-corrected chi connectivity index (χ0v) is 13.3. The van der Waals surface area contributed by atoms with Crippen molar-refractivity contribution < 1.29 is 9.59 Å². The average molecular weight is 320 g/mol. The van der Waals surface area contributed by atoms with Gasteiger partial charge in [-0.1, -0.05) is 0 Å². The molecule has 2 unspecified atom stereocenters. The maximum atomic E-state index is 12.3. The van der Waals surface area contributed by atoms with E-state index in [1.807, 2.05) is 0 Å². The molecule has 8 nitrogen and oxygen atoms in total. The van der Waals surface area contributed by atoms with Crippen molar-refractivity contribution in [2.75, 3.05) is 19.6 Å². The van der Waals surface area contributed by atoms with Crippen LogP contribution in [-0.2, 0) is 16.1 Å². The molecule has 0 spiro atoms. The van der Waals surface area contributed by atoms with Gasteiger partial charge in [0.2, 0.25) is 11.8 Å². The van der Waals surface area contributed by atoms with Crippen LogP contribution in [0.3, 0.4) is 0 Å². The van der Waals surface area contributed by atoms with Gasteiger partial charge in [-0.15, -0.1) is 0 Å². The summed E-state index contributed by atoms with van der Waals surface area (Å²) in [5.74, 6) is -0.131. The summed E-state index contributed by atoms with van der Waals surface area (Å²) in [6.45, 7) is 2.70. The Bertz CT molecular complexity index is 532. The number of hydrogen-bond acceptors (Lipinski definition) is 5. The van der Waals surface area contributed by atoms with Crippen LogP contribution in [0.2, 0.25) is 0 Å². The van der Waals surface area contributed by atoms with Crippen LogP contribution in [0.25, 0.3) is 0 Å². The average Bonchev–Trinajstić information content (AvgIpc) is 3.14. The van der Waals surface area contributed by atoms with Crippen molar-refractivity contribution in [3.63, 3.8) is 0 Å². The van der Waals surface area contributed by atoms with Gasteiger partial charge in [0, 0.05) is 12.6 Å². The summed E-state index contributed by atoms with van der Waals surface area (Å²) in [5, 5.41) is 9.87. The van der Waals surface area contributed by atoms with Crippen LogP contribution in [0, 0.1) is 0 Å². The van der Waals surface area contributed by atoms with Gasteiger partial charge in [-0.3, -0.25) is 19.2 Å². The van der Waals surface area contributed by atoms with Crippen molar-refractivity contribution >= 4 is 11.8 Å². The lowest BCUT2D eigenvalue weighted by atomic mass is 10.1. The molecular formula is C15H24N6O2. The third-order valence-electron chi connectivity index (χ3n) is 4.58. The highest BCUT2D eigenvalue weighted by Gasteiger charge is 2.28. The van der Waals surface area contributed by atoms with Crippen LogP contribution in [0.1, 0.15) is 32.1 Å². The molecule has 2 aliphatic heterocycles. The zero-order chi connectivity index (χ0) is 16.1. The standard InChI is InChI=1S/C15H24N6O2/c22-14(19-13-5-1-2-6-17-15(13)23)9-20-7-3-4-12(20)8-21-11-16-10-18-21/h10-13H,1-9H2,(H,17,23)(H,19,22). The SMILES string of the molecule is O=C(CN1CCCC1Cn1cncn1)NC1CCCCNC1=O. The van der Waals surface area contributed by atoms with Crippen molar-refractivity contribution in [1.82, 2.24) is 30.3 Å². The number of carbonyl (C=O) groups excluding carboxylic acids is 2. The maximum Gasteiger partial charge on any atom is 0.242 e. The lowest BCUT2D eigenvalue weighted by Crippen LogP contribution is -2.49. The summed E-state index contributed by atoms with van der Waals surface area (Å²) < 4.78 is 1.81. The molecule has 0 bridgehead atoms. The third kappa shape index (κ3) is 4.28. The smallest absolute Gasteiger partial charge is 0.242 e. The number of amides is 2. The van der Waals surface area contributed by atoms with E-state index < -0.39 is 0 Å². The van der Waals surface area contributed by atoms with Gasteiger partial charge < -0.3 is 10.6 Å². The Balaban J connectivity index is 1.51. The predicted octanol–water partition coefficient (Wildman–Crippen LogP) is -0.473. The van der Waals surface area contributed by atoms with E-state index in [0.717, 1.165) is 45.2 Å². The molecule has 2 N–H and O–H groups in total. The fourth-order valence-corrected chi connectivity index (χ4v) is 3.35. The normalized spacial score (nSPS) is 25.8. The topological polar surface area (TPSA) is 92.2 Å². The number of nitrogens with zero attached hydrogens (tertiary/aromatic N) is 4. The molecule has 0 radical (unpaired) electrons. The minimum Gasteiger partial charge on any atom is -0.354 e. The Morgan fingerprint density at radius 3 is 3.09 bits per heavy atom. The van der Waals surface area contributed by atoms with E-state index >= 15 is 0 Å². The molecular weight excluding hydrogens is 296 g/mol. The van der Waals surface area contributed by atoms with Crippen LogP contribution in [0.4, 0.5) is 0 Å². The Hall–Kier alpha value is -1.96. The summed E-state index contributed by atoms with van der Waals surface area (Å²) in [6, 6.07) is -0.0909. The fraction of sp³-hybridized carbons (Fsp3) is 0.733. The first-order chi connectivity index (χ1) is 11.2. The van der Waals surface area contributed by atoms with E-state index in [-0.39, 0.29) is 17.9 Å². The summed E-state index contributed by atoms with van der Waals surface area (Å²) in [6.07, 6.45) is 8.02. The van der Waals surface area contributed by atoms with Gasteiger partial charge in [0.05, 0.1) is 13.1 Å². The Morgan fingerprint density at radius 2 is 2.26 bits per heavy atom. The number of aromatic nitrogens is 3. The fourth-order valence-electron chi connectivity index (χ4n) is 3.35. The van der Waals surface area contributed by atoms with Crippen molar-refractivity contribution in [2.45, 2.75) is 50.7 Å². The molecule has 8 heteroatoms. The van der Waals surface area contributed by atoms with Crippen molar-refractivity contribution in [1.29, 1.82) is 0 Å². The van der Waals surface area contributed by atoms with Gasteiger partial charge in [0.15, 0.2) is 0 Å². The third-order valence-corrected chi connectivity index (χ3v) is 4.58. The summed E-state index contributed by atoms with van der Waals surface area (Å²) in [7, 11) is 0. The highest BCUT2D eigenvalue weighted by molar-refractivity contribution is 5.88. The number of hydrogen-bond donors (Lipinski definition) is 2. The molecule has 0 aliphatic carbocycles. The maximum absolute atomic E-state index is 12.3. The minimum atomic E-state index is -0.388. The second kappa shape index (κ2) is 7.54. The first kappa shape index (κ1) is 15.9. The second-order valence-electron chi connectivity index (χ2n) is 6.29. The molecule has 1 aromatic rings. The Labute approximate surface area is 135 Å². The van der Waals surface area contributed by atoms with Crippen LogP contribution in [0.5, 0.6) is 0 Å². The number of carbonyl (C=O) groups is 2. The highest BCUT2D eigenvalue weighted by Crippen LogP contribution is 2.18. The molecule has 2 amide bonds. The van der Waals surface area contributed by atoms with Crippen molar-refractivity contribution in [3.05, 3.63) is 12.7 Å². The Morgan fingerprint density at radius 1 is 1.35 bits per heavy atom. The lowest BCUT2D eigenvalue weighted by Gasteiger charge is -2.24.